The number of ether oxygens (including phenoxy) is 2. The van der Waals surface area contributed by atoms with Gasteiger partial charge in [0.1, 0.15) is 11.5 Å². The highest BCUT2D eigenvalue weighted by molar-refractivity contribution is 5.77. The van der Waals surface area contributed by atoms with Crippen LogP contribution in [0, 0.1) is 11.3 Å². The molecule has 5 heteroatoms. The predicted molar refractivity (Wildman–Crippen MR) is 103 cm³/mol. The summed E-state index contributed by atoms with van der Waals surface area (Å²) in [6, 6.07) is 15.3. The Morgan fingerprint density at radius 2 is 1.96 bits per heavy atom. The minimum Gasteiger partial charge on any atom is -0.497 e. The molecule has 0 saturated carbocycles. The number of likely N-dealkylation sites (tertiary alicyclic amines) is 1. The number of amides is 1. The first kappa shape index (κ1) is 18.8. The summed E-state index contributed by atoms with van der Waals surface area (Å²) < 4.78 is 10.8. The average molecular weight is 364 g/mol. The van der Waals surface area contributed by atoms with E-state index in [0.29, 0.717) is 18.4 Å². The topological polar surface area (TPSA) is 62.6 Å². The van der Waals surface area contributed by atoms with Crippen LogP contribution in [-0.2, 0) is 11.2 Å². The van der Waals surface area contributed by atoms with Crippen molar-refractivity contribution in [3.05, 3.63) is 59.2 Å². The van der Waals surface area contributed by atoms with Gasteiger partial charge in [-0.05, 0) is 49.1 Å². The maximum atomic E-state index is 12.9. The van der Waals surface area contributed by atoms with E-state index in [1.165, 1.54) is 0 Å². The van der Waals surface area contributed by atoms with Gasteiger partial charge in [-0.1, -0.05) is 12.1 Å². The van der Waals surface area contributed by atoms with Crippen LogP contribution in [0.1, 0.15) is 42.0 Å². The maximum absolute atomic E-state index is 12.9. The minimum atomic E-state index is 0.0410. The molecule has 1 fully saturated rings. The standard InChI is InChI=1S/C22H24N2O3/c1-26-18-10-11-19(21(14-18)27-2)20-4-3-13-24(20)22(25)12-9-16-5-7-17(15-23)8-6-16/h5-8,10-11,14,20H,3-4,9,12-13H2,1-2H3. The molecule has 1 atom stereocenters. The zero-order chi connectivity index (χ0) is 19.2. The van der Waals surface area contributed by atoms with E-state index in [-0.39, 0.29) is 11.9 Å². The van der Waals surface area contributed by atoms with Gasteiger partial charge in [-0.25, -0.2) is 0 Å². The molecule has 27 heavy (non-hydrogen) atoms. The van der Waals surface area contributed by atoms with Gasteiger partial charge in [-0.15, -0.1) is 0 Å². The van der Waals surface area contributed by atoms with Crippen molar-refractivity contribution in [2.45, 2.75) is 31.7 Å². The first-order chi connectivity index (χ1) is 13.2. The number of carbonyl (C=O) groups excluding carboxylic acids is 1. The molecule has 0 N–H and O–H groups in total. The quantitative estimate of drug-likeness (QED) is 0.780. The molecule has 5 nitrogen and oxygen atoms in total. The molecule has 3 rings (SSSR count). The molecule has 0 radical (unpaired) electrons. The Bertz CT molecular complexity index is 840. The van der Waals surface area contributed by atoms with Gasteiger partial charge in [0.05, 0.1) is 31.9 Å². The third-order valence-electron chi connectivity index (χ3n) is 5.08. The summed E-state index contributed by atoms with van der Waals surface area (Å²) in [4.78, 5) is 14.8. The van der Waals surface area contributed by atoms with E-state index in [9.17, 15) is 4.79 Å². The predicted octanol–water partition coefficient (Wildman–Crippen LogP) is 3.87. The number of benzene rings is 2. The van der Waals surface area contributed by atoms with E-state index >= 15 is 0 Å². The van der Waals surface area contributed by atoms with E-state index in [4.69, 9.17) is 14.7 Å². The van der Waals surface area contributed by atoms with Gasteiger partial charge < -0.3 is 14.4 Å². The summed E-state index contributed by atoms with van der Waals surface area (Å²) >= 11 is 0. The molecule has 1 amide bonds. The van der Waals surface area contributed by atoms with Crippen LogP contribution >= 0.6 is 0 Å². The molecular formula is C22H24N2O3. The van der Waals surface area contributed by atoms with Crippen molar-refractivity contribution >= 4 is 5.91 Å². The van der Waals surface area contributed by atoms with Crippen LogP contribution in [0.3, 0.4) is 0 Å². The minimum absolute atomic E-state index is 0.0410. The number of hydrogen-bond acceptors (Lipinski definition) is 4. The molecule has 2 aromatic carbocycles. The van der Waals surface area contributed by atoms with Gasteiger partial charge in [0.15, 0.2) is 0 Å². The van der Waals surface area contributed by atoms with Crippen molar-refractivity contribution in [1.29, 1.82) is 5.26 Å². The van der Waals surface area contributed by atoms with Crippen LogP contribution in [0.25, 0.3) is 0 Å². The molecule has 140 valence electrons. The Morgan fingerprint density at radius 1 is 1.19 bits per heavy atom. The number of hydrogen-bond donors (Lipinski definition) is 0. The fourth-order valence-electron chi connectivity index (χ4n) is 3.62. The summed E-state index contributed by atoms with van der Waals surface area (Å²) in [5, 5.41) is 8.87. The monoisotopic (exact) mass is 364 g/mol. The maximum Gasteiger partial charge on any atom is 0.223 e. The summed E-state index contributed by atoms with van der Waals surface area (Å²) in [6.07, 6.45) is 3.06. The van der Waals surface area contributed by atoms with Crippen molar-refractivity contribution in [1.82, 2.24) is 4.90 Å². The molecule has 0 spiro atoms. The first-order valence-corrected chi connectivity index (χ1v) is 9.16. The molecular weight excluding hydrogens is 340 g/mol. The highest BCUT2D eigenvalue weighted by atomic mass is 16.5. The van der Waals surface area contributed by atoms with Crippen molar-refractivity contribution in [2.24, 2.45) is 0 Å². The molecule has 1 unspecified atom stereocenters. The second kappa shape index (κ2) is 8.59. The second-order valence-corrected chi connectivity index (χ2v) is 6.66. The Kier molecular flexibility index (Phi) is 5.97. The van der Waals surface area contributed by atoms with Gasteiger partial charge in [0.25, 0.3) is 0 Å². The number of rotatable bonds is 6. The van der Waals surface area contributed by atoms with E-state index in [0.717, 1.165) is 42.0 Å². The Morgan fingerprint density at radius 3 is 2.63 bits per heavy atom. The van der Waals surface area contributed by atoms with E-state index in [1.54, 1.807) is 26.4 Å². The van der Waals surface area contributed by atoms with Crippen LogP contribution in [0.4, 0.5) is 0 Å². The summed E-state index contributed by atoms with van der Waals surface area (Å²) in [5.41, 5.74) is 2.74. The SMILES string of the molecule is COc1ccc(C2CCCN2C(=O)CCc2ccc(C#N)cc2)c(OC)c1. The van der Waals surface area contributed by atoms with Crippen LogP contribution in [-0.4, -0.2) is 31.6 Å². The normalized spacial score (nSPS) is 16.0. The Balaban J connectivity index is 1.70. The average Bonchev–Trinajstić information content (AvgIpc) is 3.21. The van der Waals surface area contributed by atoms with Gasteiger partial charge in [0.2, 0.25) is 5.91 Å². The first-order valence-electron chi connectivity index (χ1n) is 9.16. The lowest BCUT2D eigenvalue weighted by atomic mass is 10.0. The Hall–Kier alpha value is -3.00. The summed E-state index contributed by atoms with van der Waals surface area (Å²) in [7, 11) is 3.27. The molecule has 1 heterocycles. The molecule has 0 bridgehead atoms. The van der Waals surface area contributed by atoms with Gasteiger partial charge in [-0.2, -0.15) is 5.26 Å². The van der Waals surface area contributed by atoms with Gasteiger partial charge >= 0.3 is 0 Å². The molecule has 1 aliphatic rings. The lowest BCUT2D eigenvalue weighted by Crippen LogP contribution is -2.30. The molecule has 1 saturated heterocycles. The zero-order valence-corrected chi connectivity index (χ0v) is 15.8. The third-order valence-corrected chi connectivity index (χ3v) is 5.08. The van der Waals surface area contributed by atoms with Gasteiger partial charge in [-0.3, -0.25) is 4.79 Å². The number of nitriles is 1. The largest absolute Gasteiger partial charge is 0.497 e. The zero-order valence-electron chi connectivity index (χ0n) is 15.8. The highest BCUT2D eigenvalue weighted by Gasteiger charge is 2.31. The number of nitrogens with zero attached hydrogens (tertiary/aromatic N) is 2. The fourth-order valence-corrected chi connectivity index (χ4v) is 3.62. The fraction of sp³-hybridized carbons (Fsp3) is 0.364. The molecule has 0 aromatic heterocycles. The van der Waals surface area contributed by atoms with E-state index < -0.39 is 0 Å². The molecule has 2 aromatic rings. The van der Waals surface area contributed by atoms with Crippen molar-refractivity contribution in [2.75, 3.05) is 20.8 Å². The highest BCUT2D eigenvalue weighted by Crippen LogP contribution is 2.39. The lowest BCUT2D eigenvalue weighted by Gasteiger charge is -2.26. The van der Waals surface area contributed by atoms with Crippen LogP contribution in [0.2, 0.25) is 0 Å². The van der Waals surface area contributed by atoms with Crippen LogP contribution in [0.5, 0.6) is 11.5 Å². The second-order valence-electron chi connectivity index (χ2n) is 6.66. The third kappa shape index (κ3) is 4.22. The summed E-state index contributed by atoms with van der Waals surface area (Å²) in [6.45, 7) is 0.770. The lowest BCUT2D eigenvalue weighted by molar-refractivity contribution is -0.132. The molecule has 0 aliphatic carbocycles. The molecule has 1 aliphatic heterocycles. The number of aryl methyl sites for hydroxylation is 1. The van der Waals surface area contributed by atoms with Crippen LogP contribution in [0.15, 0.2) is 42.5 Å². The van der Waals surface area contributed by atoms with E-state index in [2.05, 4.69) is 6.07 Å². The van der Waals surface area contributed by atoms with Crippen molar-refractivity contribution < 1.29 is 14.3 Å². The van der Waals surface area contributed by atoms with Crippen molar-refractivity contribution in [3.63, 3.8) is 0 Å². The van der Waals surface area contributed by atoms with Gasteiger partial charge in [0, 0.05) is 24.6 Å². The van der Waals surface area contributed by atoms with Crippen LogP contribution < -0.4 is 9.47 Å². The van der Waals surface area contributed by atoms with E-state index in [1.807, 2.05) is 35.2 Å². The number of carbonyl (C=O) groups is 1. The smallest absolute Gasteiger partial charge is 0.223 e. The number of methoxy groups -OCH3 is 2. The Labute approximate surface area is 160 Å². The summed E-state index contributed by atoms with van der Waals surface area (Å²) in [5.74, 6) is 1.65. The van der Waals surface area contributed by atoms with Crippen molar-refractivity contribution in [3.8, 4) is 17.6 Å².